The molecule has 0 aromatic heterocycles. The Balaban J connectivity index is 1.62. The molecule has 3 heteroatoms. The van der Waals surface area contributed by atoms with Crippen LogP contribution in [0.4, 0.5) is 0 Å². The van der Waals surface area contributed by atoms with Gasteiger partial charge < -0.3 is 5.32 Å². The van der Waals surface area contributed by atoms with Crippen LogP contribution in [0.5, 0.6) is 0 Å². The van der Waals surface area contributed by atoms with Crippen LogP contribution in [-0.4, -0.2) is 47.1 Å². The van der Waals surface area contributed by atoms with E-state index in [0.29, 0.717) is 5.54 Å². The average molecular weight is 282 g/mol. The van der Waals surface area contributed by atoms with E-state index in [1.54, 1.807) is 0 Å². The van der Waals surface area contributed by atoms with Gasteiger partial charge in [-0.05, 0) is 51.7 Å². The minimum atomic E-state index is 0.489. The summed E-state index contributed by atoms with van der Waals surface area (Å²) in [5.41, 5.74) is 0.489. The number of nitrogens with zero attached hydrogens (tertiary/aromatic N) is 1. The molecular weight excluding hydrogens is 252 g/mol. The van der Waals surface area contributed by atoms with Gasteiger partial charge in [0.25, 0.3) is 0 Å². The number of thioether (sulfide) groups is 1. The summed E-state index contributed by atoms with van der Waals surface area (Å²) in [6, 6.07) is 1.61. The first-order valence-corrected chi connectivity index (χ1v) is 9.55. The Kier molecular flexibility index (Phi) is 4.45. The van der Waals surface area contributed by atoms with Gasteiger partial charge in [0.05, 0.1) is 0 Å². The molecule has 0 amide bonds. The normalized spacial score (nSPS) is 39.8. The number of rotatable bonds is 2. The summed E-state index contributed by atoms with van der Waals surface area (Å²) in [6.45, 7) is 4.96. The van der Waals surface area contributed by atoms with Gasteiger partial charge in [-0.25, -0.2) is 0 Å². The first kappa shape index (κ1) is 14.2. The molecule has 3 aliphatic rings. The van der Waals surface area contributed by atoms with Gasteiger partial charge in [-0.3, -0.25) is 4.90 Å². The molecule has 110 valence electrons. The fraction of sp³-hybridized carbons (Fsp3) is 1.00. The van der Waals surface area contributed by atoms with E-state index in [4.69, 9.17) is 0 Å². The van der Waals surface area contributed by atoms with Crippen molar-refractivity contribution >= 4 is 11.8 Å². The standard InChI is InChI=1S/C16H30N2S/c1-13-11-17-16(9-3-4-10-16)12-18(13)14-5-7-15(19-2)8-6-14/h13-15,17H,3-12H2,1-2H3. The Morgan fingerprint density at radius 2 is 1.79 bits per heavy atom. The number of hydrogen-bond donors (Lipinski definition) is 1. The van der Waals surface area contributed by atoms with Gasteiger partial charge >= 0.3 is 0 Å². The third-order valence-electron chi connectivity index (χ3n) is 5.83. The molecule has 0 bridgehead atoms. The lowest BCUT2D eigenvalue weighted by molar-refractivity contribution is 0.0363. The molecule has 2 aliphatic carbocycles. The van der Waals surface area contributed by atoms with Crippen molar-refractivity contribution in [1.82, 2.24) is 10.2 Å². The fourth-order valence-corrected chi connectivity index (χ4v) is 5.27. The van der Waals surface area contributed by atoms with Crippen LogP contribution in [0.1, 0.15) is 58.3 Å². The Labute approximate surface area is 123 Å². The molecule has 19 heavy (non-hydrogen) atoms. The van der Waals surface area contributed by atoms with Crippen molar-refractivity contribution < 1.29 is 0 Å². The van der Waals surface area contributed by atoms with Gasteiger partial charge in [0.2, 0.25) is 0 Å². The van der Waals surface area contributed by atoms with E-state index in [1.807, 2.05) is 0 Å². The van der Waals surface area contributed by atoms with Gasteiger partial charge in [0.15, 0.2) is 0 Å². The second kappa shape index (κ2) is 5.95. The van der Waals surface area contributed by atoms with Crippen LogP contribution in [0.25, 0.3) is 0 Å². The highest BCUT2D eigenvalue weighted by molar-refractivity contribution is 7.99. The number of hydrogen-bond acceptors (Lipinski definition) is 3. The minimum Gasteiger partial charge on any atom is -0.308 e. The van der Waals surface area contributed by atoms with Crippen LogP contribution in [0, 0.1) is 0 Å². The van der Waals surface area contributed by atoms with Crippen molar-refractivity contribution in [3.63, 3.8) is 0 Å². The van der Waals surface area contributed by atoms with E-state index in [-0.39, 0.29) is 0 Å². The molecule has 3 rings (SSSR count). The third-order valence-corrected chi connectivity index (χ3v) is 6.97. The van der Waals surface area contributed by atoms with Crippen molar-refractivity contribution in [2.75, 3.05) is 19.3 Å². The largest absolute Gasteiger partial charge is 0.308 e. The van der Waals surface area contributed by atoms with Crippen LogP contribution in [-0.2, 0) is 0 Å². The molecule has 1 atom stereocenters. The molecule has 0 aromatic carbocycles. The molecule has 2 nitrogen and oxygen atoms in total. The lowest BCUT2D eigenvalue weighted by atomic mass is 9.87. The van der Waals surface area contributed by atoms with Crippen LogP contribution in [0.3, 0.4) is 0 Å². The molecular formula is C16H30N2S. The van der Waals surface area contributed by atoms with Crippen molar-refractivity contribution in [1.29, 1.82) is 0 Å². The first-order chi connectivity index (χ1) is 9.22. The third kappa shape index (κ3) is 2.98. The minimum absolute atomic E-state index is 0.489. The van der Waals surface area contributed by atoms with Crippen molar-refractivity contribution in [2.24, 2.45) is 0 Å². The summed E-state index contributed by atoms with van der Waals surface area (Å²) in [5, 5.41) is 4.83. The molecule has 3 fully saturated rings. The topological polar surface area (TPSA) is 15.3 Å². The molecule has 0 radical (unpaired) electrons. The zero-order chi connectivity index (χ0) is 13.3. The summed E-state index contributed by atoms with van der Waals surface area (Å²) < 4.78 is 0. The zero-order valence-electron chi connectivity index (χ0n) is 12.7. The van der Waals surface area contributed by atoms with E-state index >= 15 is 0 Å². The van der Waals surface area contributed by atoms with E-state index < -0.39 is 0 Å². The highest BCUT2D eigenvalue weighted by atomic mass is 32.2. The molecule has 1 saturated heterocycles. The summed E-state index contributed by atoms with van der Waals surface area (Å²) in [7, 11) is 0. The maximum Gasteiger partial charge on any atom is 0.0309 e. The summed E-state index contributed by atoms with van der Waals surface area (Å²) in [5.74, 6) is 0. The summed E-state index contributed by atoms with van der Waals surface area (Å²) in [4.78, 5) is 2.87. The first-order valence-electron chi connectivity index (χ1n) is 8.26. The van der Waals surface area contributed by atoms with E-state index in [1.165, 1.54) is 64.5 Å². The van der Waals surface area contributed by atoms with Crippen LogP contribution in [0.15, 0.2) is 0 Å². The molecule has 2 saturated carbocycles. The molecule has 1 aliphatic heterocycles. The molecule has 1 heterocycles. The van der Waals surface area contributed by atoms with Crippen molar-refractivity contribution in [3.05, 3.63) is 0 Å². The average Bonchev–Trinajstić information content (AvgIpc) is 2.90. The van der Waals surface area contributed by atoms with Crippen molar-refractivity contribution in [3.8, 4) is 0 Å². The molecule has 1 N–H and O–H groups in total. The SMILES string of the molecule is CSC1CCC(N2CC3(CCCC3)NCC2C)CC1. The van der Waals surface area contributed by atoms with Gasteiger partial charge in [-0.2, -0.15) is 11.8 Å². The number of piperazine rings is 1. The Bertz CT molecular complexity index is 293. The molecule has 1 spiro atoms. The lowest BCUT2D eigenvalue weighted by Crippen LogP contribution is -2.64. The van der Waals surface area contributed by atoms with E-state index in [9.17, 15) is 0 Å². The second-order valence-electron chi connectivity index (χ2n) is 7.06. The maximum atomic E-state index is 3.89. The van der Waals surface area contributed by atoms with E-state index in [2.05, 4.69) is 35.2 Å². The zero-order valence-corrected chi connectivity index (χ0v) is 13.5. The van der Waals surface area contributed by atoms with Crippen molar-refractivity contribution in [2.45, 2.75) is 81.2 Å². The van der Waals surface area contributed by atoms with Gasteiger partial charge in [0, 0.05) is 36.0 Å². The monoisotopic (exact) mass is 282 g/mol. The summed E-state index contributed by atoms with van der Waals surface area (Å²) >= 11 is 2.08. The Hall–Kier alpha value is 0.270. The fourth-order valence-electron chi connectivity index (χ4n) is 4.53. The second-order valence-corrected chi connectivity index (χ2v) is 8.19. The maximum absolute atomic E-state index is 3.89. The Morgan fingerprint density at radius 1 is 1.11 bits per heavy atom. The lowest BCUT2D eigenvalue weighted by Gasteiger charge is -2.50. The van der Waals surface area contributed by atoms with Crippen LogP contribution < -0.4 is 5.32 Å². The quantitative estimate of drug-likeness (QED) is 0.837. The number of nitrogens with one attached hydrogen (secondary N) is 1. The predicted octanol–water partition coefficient (Wildman–Crippen LogP) is 3.27. The van der Waals surface area contributed by atoms with Crippen LogP contribution >= 0.6 is 11.8 Å². The smallest absolute Gasteiger partial charge is 0.0309 e. The van der Waals surface area contributed by atoms with Crippen LogP contribution in [0.2, 0.25) is 0 Å². The highest BCUT2D eigenvalue weighted by Crippen LogP contribution is 2.37. The van der Waals surface area contributed by atoms with Gasteiger partial charge in [0.1, 0.15) is 0 Å². The Morgan fingerprint density at radius 3 is 2.42 bits per heavy atom. The predicted molar refractivity (Wildman–Crippen MR) is 84.9 cm³/mol. The summed E-state index contributed by atoms with van der Waals surface area (Å²) in [6.07, 6.45) is 13.7. The molecule has 0 aromatic rings. The highest BCUT2D eigenvalue weighted by Gasteiger charge is 2.42. The molecule has 1 unspecified atom stereocenters. The van der Waals surface area contributed by atoms with Gasteiger partial charge in [-0.15, -0.1) is 0 Å². The van der Waals surface area contributed by atoms with E-state index in [0.717, 1.165) is 17.3 Å². The van der Waals surface area contributed by atoms with Gasteiger partial charge in [-0.1, -0.05) is 12.8 Å².